The zero-order valence-corrected chi connectivity index (χ0v) is 13.8. The van der Waals surface area contributed by atoms with Crippen LogP contribution in [0.1, 0.15) is 29.2 Å². The molecule has 4 nitrogen and oxygen atoms in total. The average Bonchev–Trinajstić information content (AvgIpc) is 2.88. The molecule has 1 aromatic heterocycles. The molecule has 0 atom stereocenters. The molecule has 0 unspecified atom stereocenters. The fraction of sp³-hybridized carbons (Fsp3) is 0.294. The number of aryl methyl sites for hydroxylation is 1. The van der Waals surface area contributed by atoms with Crippen LogP contribution >= 0.6 is 11.3 Å². The van der Waals surface area contributed by atoms with Crippen LogP contribution in [0.5, 0.6) is 5.75 Å². The van der Waals surface area contributed by atoms with E-state index in [2.05, 4.69) is 11.6 Å². The van der Waals surface area contributed by atoms with Crippen molar-refractivity contribution >= 4 is 17.3 Å². The molecule has 1 heterocycles. The van der Waals surface area contributed by atoms with Crippen molar-refractivity contribution < 1.29 is 14.3 Å². The molecule has 0 amide bonds. The molecule has 0 saturated carbocycles. The second-order valence-electron chi connectivity index (χ2n) is 4.92. The highest BCUT2D eigenvalue weighted by Gasteiger charge is 2.17. The Hall–Kier alpha value is -2.14. The summed E-state index contributed by atoms with van der Waals surface area (Å²) in [5.41, 5.74) is 2.62. The molecule has 0 radical (unpaired) electrons. The number of hydrogen-bond acceptors (Lipinski definition) is 5. The third-order valence-corrected chi connectivity index (χ3v) is 4.03. The fourth-order valence-electron chi connectivity index (χ4n) is 1.81. The first-order valence-electron chi connectivity index (χ1n) is 7.03. The third kappa shape index (κ3) is 3.95. The molecule has 0 saturated heterocycles. The summed E-state index contributed by atoms with van der Waals surface area (Å²) in [7, 11) is 0. The number of thiazole rings is 1. The van der Waals surface area contributed by atoms with Crippen LogP contribution in [0.4, 0.5) is 0 Å². The quantitative estimate of drug-likeness (QED) is 0.590. The van der Waals surface area contributed by atoms with Gasteiger partial charge in [-0.2, -0.15) is 0 Å². The van der Waals surface area contributed by atoms with Gasteiger partial charge in [0.15, 0.2) is 0 Å². The highest BCUT2D eigenvalue weighted by atomic mass is 32.1. The van der Waals surface area contributed by atoms with Crippen molar-refractivity contribution in [2.75, 3.05) is 13.2 Å². The van der Waals surface area contributed by atoms with Gasteiger partial charge in [0.05, 0.1) is 12.3 Å². The number of carbonyl (C=O) groups is 1. The van der Waals surface area contributed by atoms with Crippen LogP contribution in [0, 0.1) is 6.92 Å². The first kappa shape index (κ1) is 16.2. The summed E-state index contributed by atoms with van der Waals surface area (Å²) in [6.45, 7) is 10.2. The van der Waals surface area contributed by atoms with E-state index >= 15 is 0 Å². The lowest BCUT2D eigenvalue weighted by Crippen LogP contribution is -2.03. The van der Waals surface area contributed by atoms with E-state index < -0.39 is 0 Å². The van der Waals surface area contributed by atoms with Crippen LogP contribution < -0.4 is 4.74 Å². The van der Waals surface area contributed by atoms with Crippen LogP contribution in [-0.2, 0) is 4.74 Å². The van der Waals surface area contributed by atoms with Crippen LogP contribution in [0.3, 0.4) is 0 Å². The van der Waals surface area contributed by atoms with Crippen molar-refractivity contribution in [3.8, 4) is 16.3 Å². The Morgan fingerprint density at radius 1 is 1.32 bits per heavy atom. The van der Waals surface area contributed by atoms with Gasteiger partial charge in [0.2, 0.25) is 0 Å². The molecule has 0 fully saturated rings. The van der Waals surface area contributed by atoms with Crippen LogP contribution in [0.15, 0.2) is 36.4 Å². The highest BCUT2D eigenvalue weighted by Crippen LogP contribution is 2.29. The highest BCUT2D eigenvalue weighted by molar-refractivity contribution is 7.17. The van der Waals surface area contributed by atoms with E-state index in [0.29, 0.717) is 23.8 Å². The Bertz CT molecular complexity index is 674. The van der Waals surface area contributed by atoms with E-state index in [-0.39, 0.29) is 5.97 Å². The van der Waals surface area contributed by atoms with Gasteiger partial charge in [-0.25, -0.2) is 9.78 Å². The van der Waals surface area contributed by atoms with E-state index in [1.165, 1.54) is 11.3 Å². The van der Waals surface area contributed by atoms with Crippen LogP contribution in [-0.4, -0.2) is 24.2 Å². The van der Waals surface area contributed by atoms with Crippen molar-refractivity contribution in [3.63, 3.8) is 0 Å². The molecule has 0 spiro atoms. The topological polar surface area (TPSA) is 48.4 Å². The minimum absolute atomic E-state index is 0.315. The van der Waals surface area contributed by atoms with Crippen molar-refractivity contribution in [1.29, 1.82) is 0 Å². The lowest BCUT2D eigenvalue weighted by molar-refractivity contribution is 0.0531. The smallest absolute Gasteiger partial charge is 0.350 e. The minimum Gasteiger partial charge on any atom is -0.489 e. The molecular weight excluding hydrogens is 298 g/mol. The fourth-order valence-corrected chi connectivity index (χ4v) is 2.77. The lowest BCUT2D eigenvalue weighted by atomic mass is 10.2. The van der Waals surface area contributed by atoms with Gasteiger partial charge in [-0.1, -0.05) is 6.58 Å². The molecule has 116 valence electrons. The number of carbonyl (C=O) groups excluding carboxylic acids is 1. The Labute approximate surface area is 134 Å². The molecule has 0 aliphatic heterocycles. The normalized spacial score (nSPS) is 10.3. The number of aromatic nitrogens is 1. The number of ether oxygens (including phenoxy) is 2. The van der Waals surface area contributed by atoms with E-state index in [4.69, 9.17) is 9.47 Å². The minimum atomic E-state index is -0.315. The van der Waals surface area contributed by atoms with Gasteiger partial charge < -0.3 is 9.47 Å². The zero-order valence-electron chi connectivity index (χ0n) is 13.0. The Morgan fingerprint density at radius 3 is 2.59 bits per heavy atom. The van der Waals surface area contributed by atoms with Gasteiger partial charge in [-0.3, -0.25) is 0 Å². The molecule has 0 bridgehead atoms. The Balaban J connectivity index is 2.16. The summed E-state index contributed by atoms with van der Waals surface area (Å²) in [4.78, 5) is 16.8. The molecule has 5 heteroatoms. The summed E-state index contributed by atoms with van der Waals surface area (Å²) in [6, 6.07) is 7.64. The number of hydrogen-bond donors (Lipinski definition) is 0. The summed E-state index contributed by atoms with van der Waals surface area (Å²) in [5, 5.41) is 0.798. The summed E-state index contributed by atoms with van der Waals surface area (Å²) in [5.74, 6) is 0.468. The van der Waals surface area contributed by atoms with Gasteiger partial charge in [0.25, 0.3) is 0 Å². The number of nitrogens with zero attached hydrogens (tertiary/aromatic N) is 1. The van der Waals surface area contributed by atoms with Gasteiger partial charge in [-0.05, 0) is 50.6 Å². The second-order valence-corrected chi connectivity index (χ2v) is 5.92. The first-order valence-corrected chi connectivity index (χ1v) is 7.85. The molecule has 1 aromatic carbocycles. The number of rotatable bonds is 6. The summed E-state index contributed by atoms with van der Waals surface area (Å²) in [6.07, 6.45) is 0. The first-order chi connectivity index (χ1) is 10.5. The predicted octanol–water partition coefficient (Wildman–Crippen LogP) is 4.25. The summed E-state index contributed by atoms with van der Waals surface area (Å²) >= 11 is 1.34. The molecule has 0 aliphatic rings. The van der Waals surface area contributed by atoms with Crippen molar-refractivity contribution in [3.05, 3.63) is 47.0 Å². The lowest BCUT2D eigenvalue weighted by Gasteiger charge is -2.05. The monoisotopic (exact) mass is 317 g/mol. The van der Waals surface area contributed by atoms with Crippen LogP contribution in [0.2, 0.25) is 0 Å². The number of benzene rings is 1. The molecule has 0 N–H and O–H groups in total. The standard InChI is InChI=1S/C17H19NO3S/c1-5-20-17(19)15-12(4)18-16(22-15)13-6-8-14(9-7-13)21-10-11(2)3/h6-9H,2,5,10H2,1,3-4H3. The van der Waals surface area contributed by atoms with Gasteiger partial charge >= 0.3 is 5.97 Å². The second kappa shape index (κ2) is 7.22. The summed E-state index contributed by atoms with van der Waals surface area (Å²) < 4.78 is 10.6. The van der Waals surface area contributed by atoms with Crippen LogP contribution in [0.25, 0.3) is 10.6 Å². The largest absolute Gasteiger partial charge is 0.489 e. The number of esters is 1. The van der Waals surface area contributed by atoms with Gasteiger partial charge in [-0.15, -0.1) is 11.3 Å². The predicted molar refractivity (Wildman–Crippen MR) is 88.6 cm³/mol. The average molecular weight is 317 g/mol. The molecule has 22 heavy (non-hydrogen) atoms. The van der Waals surface area contributed by atoms with Crippen molar-refractivity contribution in [2.45, 2.75) is 20.8 Å². The maximum Gasteiger partial charge on any atom is 0.350 e. The van der Waals surface area contributed by atoms with E-state index in [1.807, 2.05) is 38.1 Å². The van der Waals surface area contributed by atoms with Crippen molar-refractivity contribution in [1.82, 2.24) is 4.98 Å². The van der Waals surface area contributed by atoms with E-state index in [0.717, 1.165) is 21.9 Å². The zero-order chi connectivity index (χ0) is 16.1. The molecule has 2 rings (SSSR count). The van der Waals surface area contributed by atoms with E-state index in [9.17, 15) is 4.79 Å². The third-order valence-electron chi connectivity index (χ3n) is 2.84. The van der Waals surface area contributed by atoms with Gasteiger partial charge in [0, 0.05) is 5.56 Å². The van der Waals surface area contributed by atoms with E-state index in [1.54, 1.807) is 6.92 Å². The molecular formula is C17H19NO3S. The molecule has 0 aliphatic carbocycles. The SMILES string of the molecule is C=C(C)COc1ccc(-c2nc(C)c(C(=O)OCC)s2)cc1. The van der Waals surface area contributed by atoms with Crippen molar-refractivity contribution in [2.24, 2.45) is 0 Å². The maximum absolute atomic E-state index is 11.8. The maximum atomic E-state index is 11.8. The van der Waals surface area contributed by atoms with Gasteiger partial charge in [0.1, 0.15) is 22.2 Å². The molecule has 2 aromatic rings. The Kier molecular flexibility index (Phi) is 5.33. The Morgan fingerprint density at radius 2 is 2.00 bits per heavy atom.